The molecule has 0 spiro atoms. The molecular formula is C33H38ClF5N8O3. The highest BCUT2D eigenvalue weighted by Gasteiger charge is 2.40. The molecule has 1 aromatic carbocycles. The Kier molecular flexibility index (Phi) is 10.2. The maximum atomic E-state index is 15.0. The van der Waals surface area contributed by atoms with Crippen molar-refractivity contribution in [3.05, 3.63) is 68.6 Å². The molecule has 0 saturated carbocycles. The van der Waals surface area contributed by atoms with Crippen molar-refractivity contribution in [2.45, 2.75) is 70.1 Å². The molecule has 2 unspecified atom stereocenters. The van der Waals surface area contributed by atoms with E-state index in [-0.39, 0.29) is 42.2 Å². The van der Waals surface area contributed by atoms with Crippen molar-refractivity contribution in [3.63, 3.8) is 0 Å². The fraction of sp³-hybridized carbons (Fsp3) is 0.515. The van der Waals surface area contributed by atoms with Gasteiger partial charge < -0.3 is 25.0 Å². The van der Waals surface area contributed by atoms with E-state index in [4.69, 9.17) is 26.8 Å². The lowest BCUT2D eigenvalue weighted by Gasteiger charge is -2.31. The Labute approximate surface area is 290 Å². The Bertz CT molecular complexity index is 1790. The van der Waals surface area contributed by atoms with Crippen LogP contribution in [0, 0.1) is 5.82 Å². The fourth-order valence-electron chi connectivity index (χ4n) is 6.99. The molecule has 11 nitrogen and oxygen atoms in total. The van der Waals surface area contributed by atoms with Crippen LogP contribution in [0.15, 0.2) is 24.0 Å². The summed E-state index contributed by atoms with van der Waals surface area (Å²) in [5.74, 6) is -1.07. The number of carbonyl (C=O) groups excluding carboxylic acids is 1. The SMILES string of the molecule is COc1nc2c(c(N3CCCn4nc(C(=O)N(C)C)c(Cl)c4C3)n1)COC(c1c(C(F)(F)F)ccc(N)c1F)C2.F/C=C1/CC2CCCN2C1. The average molecular weight is 725 g/mol. The Hall–Kier alpha value is -4.02. The molecule has 7 rings (SSSR count). The zero-order valence-electron chi connectivity index (χ0n) is 27.9. The number of nitrogens with two attached hydrogens (primary N) is 1. The molecule has 2 aromatic heterocycles. The van der Waals surface area contributed by atoms with E-state index in [0.29, 0.717) is 48.3 Å². The minimum atomic E-state index is -4.82. The van der Waals surface area contributed by atoms with Crippen LogP contribution in [0.5, 0.6) is 6.01 Å². The van der Waals surface area contributed by atoms with Crippen LogP contribution < -0.4 is 15.4 Å². The molecule has 2 N–H and O–H groups in total. The normalized spacial score (nSPS) is 21.2. The van der Waals surface area contributed by atoms with E-state index < -0.39 is 34.9 Å². The van der Waals surface area contributed by atoms with Crippen molar-refractivity contribution in [1.29, 1.82) is 0 Å². The summed E-state index contributed by atoms with van der Waals surface area (Å²) in [5.41, 5.74) is 6.01. The molecule has 0 aliphatic carbocycles. The largest absolute Gasteiger partial charge is 0.467 e. The van der Waals surface area contributed by atoms with E-state index in [1.807, 2.05) is 4.90 Å². The second-order valence-electron chi connectivity index (χ2n) is 12.9. The minimum absolute atomic E-state index is 0.00850. The summed E-state index contributed by atoms with van der Waals surface area (Å²) in [6, 6.07) is 2.31. The smallest absolute Gasteiger partial charge is 0.416 e. The molecule has 50 heavy (non-hydrogen) atoms. The maximum Gasteiger partial charge on any atom is 0.416 e. The first kappa shape index (κ1) is 35.8. The van der Waals surface area contributed by atoms with Crippen molar-refractivity contribution >= 4 is 29.0 Å². The third-order valence-corrected chi connectivity index (χ3v) is 9.87. The first-order valence-electron chi connectivity index (χ1n) is 16.2. The third-order valence-electron chi connectivity index (χ3n) is 9.48. The summed E-state index contributed by atoms with van der Waals surface area (Å²) in [6.45, 7) is 3.16. The van der Waals surface area contributed by atoms with Crippen LogP contribution in [-0.4, -0.2) is 82.3 Å². The van der Waals surface area contributed by atoms with Crippen molar-refractivity contribution in [2.24, 2.45) is 0 Å². The summed E-state index contributed by atoms with van der Waals surface area (Å²) in [7, 11) is 4.58. The number of carbonyl (C=O) groups is 1. The monoisotopic (exact) mass is 724 g/mol. The molecule has 2 atom stereocenters. The Morgan fingerprint density at radius 2 is 1.92 bits per heavy atom. The van der Waals surface area contributed by atoms with Crippen LogP contribution in [0.25, 0.3) is 0 Å². The van der Waals surface area contributed by atoms with Gasteiger partial charge in [0.05, 0.1) is 60.4 Å². The van der Waals surface area contributed by atoms with Gasteiger partial charge in [-0.1, -0.05) is 11.6 Å². The van der Waals surface area contributed by atoms with E-state index in [2.05, 4.69) is 20.0 Å². The van der Waals surface area contributed by atoms with Crippen molar-refractivity contribution in [1.82, 2.24) is 29.5 Å². The van der Waals surface area contributed by atoms with Crippen molar-refractivity contribution in [3.8, 4) is 6.01 Å². The number of hydrogen-bond donors (Lipinski definition) is 1. The lowest BCUT2D eigenvalue weighted by Crippen LogP contribution is -2.29. The van der Waals surface area contributed by atoms with Crippen LogP contribution in [0.2, 0.25) is 5.02 Å². The number of fused-ring (bicyclic) bond motifs is 3. The molecule has 3 aromatic rings. The lowest BCUT2D eigenvalue weighted by atomic mass is 9.94. The predicted molar refractivity (Wildman–Crippen MR) is 175 cm³/mol. The molecule has 2 fully saturated rings. The van der Waals surface area contributed by atoms with E-state index in [0.717, 1.165) is 37.0 Å². The van der Waals surface area contributed by atoms with Gasteiger partial charge in [-0.25, -0.2) is 8.78 Å². The number of aromatic nitrogens is 4. The molecule has 1 amide bonds. The van der Waals surface area contributed by atoms with Crippen LogP contribution >= 0.6 is 11.6 Å². The first-order chi connectivity index (χ1) is 23.8. The van der Waals surface area contributed by atoms with Gasteiger partial charge in [-0.15, -0.1) is 0 Å². The third kappa shape index (κ3) is 6.97. The molecule has 2 saturated heterocycles. The molecular weight excluding hydrogens is 687 g/mol. The highest BCUT2D eigenvalue weighted by Crippen LogP contribution is 2.43. The molecule has 6 heterocycles. The van der Waals surface area contributed by atoms with Crippen LogP contribution in [-0.2, 0) is 37.0 Å². The number of alkyl halides is 3. The van der Waals surface area contributed by atoms with Gasteiger partial charge in [0, 0.05) is 57.3 Å². The second-order valence-corrected chi connectivity index (χ2v) is 13.3. The number of aryl methyl sites for hydroxylation is 1. The quantitative estimate of drug-likeness (QED) is 0.267. The van der Waals surface area contributed by atoms with Gasteiger partial charge in [-0.05, 0) is 49.9 Å². The molecule has 4 aliphatic heterocycles. The molecule has 0 radical (unpaired) electrons. The number of halogens is 6. The summed E-state index contributed by atoms with van der Waals surface area (Å²) in [6.07, 6.45) is -1.29. The summed E-state index contributed by atoms with van der Waals surface area (Å²) < 4.78 is 81.1. The first-order valence-corrected chi connectivity index (χ1v) is 16.6. The number of ether oxygens (including phenoxy) is 2. The standard InChI is InChI=1S/C25H26ClF4N7O3.C8H12FN/c1-35(2)23(38)21-19(26)16-10-36(7-4-8-37(16)34-21)22-12-11-40-17(9-15(12)32-24(33-22)39-3)18-13(25(28,29)30)5-6-14(31)20(18)27;9-5-7-4-8-2-1-3-10(8)6-7/h5-6,17H,4,7-11,31H2,1-3H3;5,8H,1-4,6H2/b;7-5-. The number of rotatable bonds is 4. The summed E-state index contributed by atoms with van der Waals surface area (Å²) in [4.78, 5) is 27.1. The van der Waals surface area contributed by atoms with E-state index in [1.165, 1.54) is 31.4 Å². The average Bonchev–Trinajstić information content (AvgIpc) is 3.73. The number of anilines is 2. The number of hydrogen-bond acceptors (Lipinski definition) is 9. The second kappa shape index (κ2) is 14.3. The van der Waals surface area contributed by atoms with Crippen LogP contribution in [0.1, 0.15) is 70.4 Å². The van der Waals surface area contributed by atoms with Gasteiger partial charge in [0.2, 0.25) is 0 Å². The van der Waals surface area contributed by atoms with E-state index in [9.17, 15) is 26.7 Å². The topological polar surface area (TPSA) is 115 Å². The number of nitrogens with zero attached hydrogens (tertiary/aromatic N) is 7. The summed E-state index contributed by atoms with van der Waals surface area (Å²) >= 11 is 6.60. The van der Waals surface area contributed by atoms with E-state index in [1.54, 1.807) is 18.8 Å². The molecule has 0 bridgehead atoms. The van der Waals surface area contributed by atoms with Gasteiger partial charge in [0.25, 0.3) is 5.91 Å². The minimum Gasteiger partial charge on any atom is -0.467 e. The van der Waals surface area contributed by atoms with Gasteiger partial charge in [-0.3, -0.25) is 14.4 Å². The zero-order valence-corrected chi connectivity index (χ0v) is 28.6. The summed E-state index contributed by atoms with van der Waals surface area (Å²) in [5, 5.41) is 4.64. The highest BCUT2D eigenvalue weighted by atomic mass is 35.5. The highest BCUT2D eigenvalue weighted by molar-refractivity contribution is 6.34. The van der Waals surface area contributed by atoms with Gasteiger partial charge in [-0.2, -0.15) is 28.2 Å². The molecule has 17 heteroatoms. The predicted octanol–water partition coefficient (Wildman–Crippen LogP) is 5.71. The Morgan fingerprint density at radius 3 is 2.60 bits per heavy atom. The van der Waals surface area contributed by atoms with Gasteiger partial charge in [0.15, 0.2) is 11.5 Å². The Balaban J connectivity index is 0.000000367. The van der Waals surface area contributed by atoms with Crippen molar-refractivity contribution < 1.29 is 36.2 Å². The number of benzene rings is 1. The Morgan fingerprint density at radius 1 is 1.14 bits per heavy atom. The number of nitrogen functional groups attached to an aromatic ring is 1. The van der Waals surface area contributed by atoms with Crippen molar-refractivity contribution in [2.75, 3.05) is 51.5 Å². The van der Waals surface area contributed by atoms with Gasteiger partial charge in [0.1, 0.15) is 5.82 Å². The number of amides is 1. The van der Waals surface area contributed by atoms with Gasteiger partial charge >= 0.3 is 12.2 Å². The molecule has 270 valence electrons. The zero-order chi connectivity index (χ0) is 35.9. The fourth-order valence-corrected chi connectivity index (χ4v) is 7.27. The van der Waals surface area contributed by atoms with E-state index >= 15 is 0 Å². The molecule has 4 aliphatic rings. The maximum absolute atomic E-state index is 15.0. The van der Waals surface area contributed by atoms with Crippen LogP contribution in [0.4, 0.5) is 33.5 Å². The number of methoxy groups -OCH3 is 1. The lowest BCUT2D eigenvalue weighted by molar-refractivity contribution is -0.140. The van der Waals surface area contributed by atoms with Crippen LogP contribution in [0.3, 0.4) is 0 Å².